The molecule has 3 saturated heterocycles. The van der Waals surface area contributed by atoms with Crippen LogP contribution in [0.1, 0.15) is 26.7 Å². The monoisotopic (exact) mass is 645 g/mol. The molecule has 1 aromatic carbocycles. The van der Waals surface area contributed by atoms with Crippen LogP contribution in [0.3, 0.4) is 0 Å². The summed E-state index contributed by atoms with van der Waals surface area (Å²) in [5, 5.41) is 18.8. The van der Waals surface area contributed by atoms with E-state index in [0.29, 0.717) is 18.4 Å². The molecule has 1 spiro atoms. The first-order valence-electron chi connectivity index (χ1n) is 13.9. The van der Waals surface area contributed by atoms with Gasteiger partial charge in [-0.15, -0.1) is 23.4 Å². The highest BCUT2D eigenvalue weighted by Gasteiger charge is 2.76. The molecule has 0 saturated carbocycles. The minimum atomic E-state index is -0.891. The number of halogens is 1. The Morgan fingerprint density at radius 2 is 2.07 bits per heavy atom. The van der Waals surface area contributed by atoms with E-state index < -0.39 is 34.6 Å². The summed E-state index contributed by atoms with van der Waals surface area (Å²) in [6.07, 6.45) is 4.19. The summed E-state index contributed by atoms with van der Waals surface area (Å²) in [5.74, 6) is -2.28. The fourth-order valence-corrected chi connectivity index (χ4v) is 10.4. The van der Waals surface area contributed by atoms with E-state index in [4.69, 9.17) is 4.74 Å². The molecule has 0 radical (unpaired) electrons. The molecule has 10 nitrogen and oxygen atoms in total. The number of carbonyl (C=O) groups excluding carboxylic acids is 3. The van der Waals surface area contributed by atoms with Crippen molar-refractivity contribution in [3.63, 3.8) is 0 Å². The maximum Gasteiger partial charge on any atom is 0.311 e. The second-order valence-corrected chi connectivity index (χ2v) is 14.1. The minimum absolute atomic E-state index is 0.0469. The third-order valence-corrected chi connectivity index (χ3v) is 11.5. The largest absolute Gasteiger partial charge is 0.461 e. The van der Waals surface area contributed by atoms with Crippen LogP contribution in [-0.2, 0) is 25.8 Å². The number of likely N-dealkylation sites (tertiary alicyclic amines) is 1. The average Bonchev–Trinajstić information content (AvgIpc) is 3.67. The van der Waals surface area contributed by atoms with Gasteiger partial charge in [0.25, 0.3) is 0 Å². The number of carbonyl (C=O) groups is 3. The molecule has 3 unspecified atom stereocenters. The number of aromatic nitrogens is 3. The Morgan fingerprint density at radius 3 is 2.76 bits per heavy atom. The van der Waals surface area contributed by atoms with E-state index in [9.17, 15) is 19.5 Å². The molecule has 220 valence electrons. The Bertz CT molecular complexity index is 1350. The maximum absolute atomic E-state index is 14.7. The van der Waals surface area contributed by atoms with Crippen LogP contribution < -0.4 is 0 Å². The number of rotatable bonds is 12. The number of esters is 1. The molecule has 2 amide bonds. The number of para-hydroxylation sites is 1. The van der Waals surface area contributed by atoms with Gasteiger partial charge in [0.1, 0.15) is 24.8 Å². The first-order chi connectivity index (χ1) is 19.7. The summed E-state index contributed by atoms with van der Waals surface area (Å²) >= 11 is 5.31. The molecular formula is C29H36BrN5O5S. The van der Waals surface area contributed by atoms with Gasteiger partial charge in [0, 0.05) is 16.6 Å². The second-order valence-electron chi connectivity index (χ2n) is 11.4. The van der Waals surface area contributed by atoms with Gasteiger partial charge in [-0.1, -0.05) is 65.9 Å². The van der Waals surface area contributed by atoms with E-state index in [1.54, 1.807) is 20.6 Å². The molecule has 7 atom stereocenters. The van der Waals surface area contributed by atoms with Gasteiger partial charge in [0.05, 0.1) is 34.7 Å². The number of hydrogen-bond donors (Lipinski definition) is 1. The van der Waals surface area contributed by atoms with Crippen molar-refractivity contribution in [1.29, 1.82) is 0 Å². The highest BCUT2D eigenvalue weighted by atomic mass is 79.9. The van der Waals surface area contributed by atoms with Crippen LogP contribution in [0.15, 0.2) is 49.6 Å². The van der Waals surface area contributed by atoms with Crippen molar-refractivity contribution in [3.8, 4) is 0 Å². The zero-order valence-electron chi connectivity index (χ0n) is 23.3. The second kappa shape index (κ2) is 11.9. The lowest BCUT2D eigenvalue weighted by molar-refractivity contribution is -0.153. The average molecular weight is 647 g/mol. The van der Waals surface area contributed by atoms with Crippen molar-refractivity contribution in [2.45, 2.75) is 60.3 Å². The lowest BCUT2D eigenvalue weighted by atomic mass is 9.71. The smallest absolute Gasteiger partial charge is 0.311 e. The molecule has 0 aliphatic carbocycles. The highest BCUT2D eigenvalue weighted by Crippen LogP contribution is 2.68. The summed E-state index contributed by atoms with van der Waals surface area (Å²) in [4.78, 5) is 45.6. The zero-order valence-corrected chi connectivity index (χ0v) is 25.7. The van der Waals surface area contributed by atoms with Crippen molar-refractivity contribution in [2.24, 2.45) is 17.8 Å². The molecule has 2 aromatic rings. The molecule has 3 aliphatic heterocycles. The first-order valence-corrected chi connectivity index (χ1v) is 15.7. The molecule has 5 rings (SSSR count). The topological polar surface area (TPSA) is 118 Å². The molecule has 1 N–H and O–H groups in total. The van der Waals surface area contributed by atoms with Gasteiger partial charge in [-0.3, -0.25) is 14.4 Å². The number of aliphatic hydroxyl groups is 1. The SMILES string of the molecule is C=CCOC(=O)[C@H]1[C@H]2C(=O)N([C@@H](CO)CC(C)C)C(C(=O)N(CC=C)Cn3nnc4ccccc43)C23CC(Br)[C@@H]1S3. The molecular weight excluding hydrogens is 610 g/mol. The minimum Gasteiger partial charge on any atom is -0.461 e. The maximum atomic E-state index is 14.7. The lowest BCUT2D eigenvalue weighted by Crippen LogP contribution is -2.58. The standard InChI is InChI=1S/C29H36BrN5O5S/c1-5-11-33(16-34-21-10-8-7-9-20(21)31-32-34)27(38)25-29-14-19(30)24(41-29)22(28(39)40-12-6-2)23(29)26(37)35(25)18(15-36)13-17(3)4/h5-10,17-19,22-25,36H,1-2,11-16H2,3-4H3/t18-,19?,22+,23+,24+,25?,29?/m1/s1. The number of benzene rings is 1. The Morgan fingerprint density at radius 1 is 1.32 bits per heavy atom. The number of amides is 2. The quantitative estimate of drug-likeness (QED) is 0.213. The molecule has 41 heavy (non-hydrogen) atoms. The van der Waals surface area contributed by atoms with Crippen molar-refractivity contribution < 1.29 is 24.2 Å². The molecule has 2 bridgehead atoms. The number of nitrogens with zero attached hydrogens (tertiary/aromatic N) is 5. The highest BCUT2D eigenvalue weighted by molar-refractivity contribution is 9.09. The molecule has 4 heterocycles. The van der Waals surface area contributed by atoms with Crippen LogP contribution in [0.5, 0.6) is 0 Å². The Balaban J connectivity index is 1.57. The number of aliphatic hydroxyl groups excluding tert-OH is 1. The fraction of sp³-hybridized carbons (Fsp3) is 0.552. The van der Waals surface area contributed by atoms with Crippen LogP contribution >= 0.6 is 27.7 Å². The van der Waals surface area contributed by atoms with Crippen LogP contribution in [-0.4, -0.2) is 94.4 Å². The van der Waals surface area contributed by atoms with Gasteiger partial charge in [-0.25, -0.2) is 4.68 Å². The van der Waals surface area contributed by atoms with Crippen molar-refractivity contribution in [1.82, 2.24) is 24.8 Å². The first kappa shape index (κ1) is 29.8. The number of thioether (sulfide) groups is 1. The van der Waals surface area contributed by atoms with E-state index in [1.807, 2.05) is 38.1 Å². The predicted octanol–water partition coefficient (Wildman–Crippen LogP) is 3.00. The van der Waals surface area contributed by atoms with E-state index in [0.717, 1.165) is 5.52 Å². The number of alkyl halides is 1. The predicted molar refractivity (Wildman–Crippen MR) is 160 cm³/mol. The van der Waals surface area contributed by atoms with Gasteiger partial charge >= 0.3 is 5.97 Å². The number of fused-ring (bicyclic) bond motifs is 2. The molecule has 3 fully saturated rings. The molecule has 1 aromatic heterocycles. The summed E-state index contributed by atoms with van der Waals surface area (Å²) in [5.41, 5.74) is 1.49. The summed E-state index contributed by atoms with van der Waals surface area (Å²) < 4.78 is 6.27. The van der Waals surface area contributed by atoms with Gasteiger partial charge in [0.15, 0.2) is 0 Å². The van der Waals surface area contributed by atoms with Gasteiger partial charge in [-0.2, -0.15) is 0 Å². The molecule has 3 aliphatic rings. The van der Waals surface area contributed by atoms with Gasteiger partial charge in [-0.05, 0) is 30.9 Å². The Hall–Kier alpha value is -2.70. The summed E-state index contributed by atoms with van der Waals surface area (Å²) in [7, 11) is 0. The number of ether oxygens (including phenoxy) is 1. The van der Waals surface area contributed by atoms with Crippen molar-refractivity contribution in [2.75, 3.05) is 19.8 Å². The molecule has 12 heteroatoms. The van der Waals surface area contributed by atoms with E-state index in [-0.39, 0.29) is 54.2 Å². The third-order valence-electron chi connectivity index (χ3n) is 8.31. The van der Waals surface area contributed by atoms with Crippen LogP contribution in [0.2, 0.25) is 0 Å². The van der Waals surface area contributed by atoms with Crippen molar-refractivity contribution >= 4 is 56.5 Å². The Kier molecular flexibility index (Phi) is 8.63. The van der Waals surface area contributed by atoms with Crippen LogP contribution in [0.4, 0.5) is 0 Å². The van der Waals surface area contributed by atoms with Gasteiger partial charge in [0.2, 0.25) is 11.8 Å². The van der Waals surface area contributed by atoms with Crippen LogP contribution in [0, 0.1) is 17.8 Å². The van der Waals surface area contributed by atoms with Crippen molar-refractivity contribution in [3.05, 3.63) is 49.6 Å². The van der Waals surface area contributed by atoms with E-state index >= 15 is 0 Å². The summed E-state index contributed by atoms with van der Waals surface area (Å²) in [6.45, 7) is 11.6. The van der Waals surface area contributed by atoms with Gasteiger partial charge < -0.3 is 19.6 Å². The van der Waals surface area contributed by atoms with E-state index in [2.05, 4.69) is 39.4 Å². The zero-order chi connectivity index (χ0) is 29.5. The van der Waals surface area contributed by atoms with E-state index in [1.165, 1.54) is 17.8 Å². The Labute approximate surface area is 252 Å². The van der Waals surface area contributed by atoms with Crippen LogP contribution in [0.25, 0.3) is 11.0 Å². The number of hydrogen-bond acceptors (Lipinski definition) is 8. The fourth-order valence-electron chi connectivity index (χ4n) is 6.80. The third kappa shape index (κ3) is 5.01. The normalized spacial score (nSPS) is 29.1. The lowest BCUT2D eigenvalue weighted by Gasteiger charge is -2.40. The summed E-state index contributed by atoms with van der Waals surface area (Å²) in [6, 6.07) is 6.04.